The molecule has 0 unspecified atom stereocenters. The van der Waals surface area contributed by atoms with Crippen LogP contribution < -0.4 is 15.7 Å². The van der Waals surface area contributed by atoms with Gasteiger partial charge in [-0.05, 0) is 42.8 Å². The van der Waals surface area contributed by atoms with E-state index >= 15 is 0 Å². The number of rotatable bonds is 4. The van der Waals surface area contributed by atoms with Crippen molar-refractivity contribution >= 4 is 34.3 Å². The van der Waals surface area contributed by atoms with Crippen molar-refractivity contribution in [2.75, 3.05) is 11.9 Å². The molecule has 0 saturated carbocycles. The van der Waals surface area contributed by atoms with E-state index in [9.17, 15) is 9.59 Å². The van der Waals surface area contributed by atoms with Crippen LogP contribution in [0.2, 0.25) is 5.02 Å². The highest BCUT2D eigenvalue weighted by Gasteiger charge is 2.07. The molecule has 0 bridgehead atoms. The molecule has 0 aliphatic rings. The van der Waals surface area contributed by atoms with Gasteiger partial charge in [0.15, 0.2) is 6.61 Å². The lowest BCUT2D eigenvalue weighted by Crippen LogP contribution is -2.20. The molecule has 1 N–H and O–H groups in total. The minimum Gasteiger partial charge on any atom is -0.484 e. The third-order valence-electron chi connectivity index (χ3n) is 3.29. The van der Waals surface area contributed by atoms with Crippen LogP contribution >= 0.6 is 11.6 Å². The minimum atomic E-state index is -0.400. The van der Waals surface area contributed by atoms with Gasteiger partial charge in [0.2, 0.25) is 0 Å². The van der Waals surface area contributed by atoms with E-state index in [1.54, 1.807) is 30.3 Å². The number of carbonyl (C=O) groups is 1. The molecule has 2 heterocycles. The number of anilines is 1. The molecule has 3 aromatic rings. The molecule has 6 nitrogen and oxygen atoms in total. The maximum atomic E-state index is 11.9. The number of benzene rings is 1. The van der Waals surface area contributed by atoms with Crippen LogP contribution in [0.3, 0.4) is 0 Å². The summed E-state index contributed by atoms with van der Waals surface area (Å²) in [6, 6.07) is 9.63. The highest BCUT2D eigenvalue weighted by molar-refractivity contribution is 6.30. The zero-order valence-electron chi connectivity index (χ0n) is 12.7. The summed E-state index contributed by atoms with van der Waals surface area (Å²) in [5, 5.41) is 3.85. The number of halogens is 1. The number of amides is 1. The van der Waals surface area contributed by atoms with Crippen molar-refractivity contribution in [1.82, 2.24) is 4.98 Å². The maximum Gasteiger partial charge on any atom is 0.336 e. The average Bonchev–Trinajstić information content (AvgIpc) is 2.55. The number of nitrogens with zero attached hydrogens (tertiary/aromatic N) is 1. The van der Waals surface area contributed by atoms with Gasteiger partial charge in [-0.1, -0.05) is 11.6 Å². The van der Waals surface area contributed by atoms with Crippen LogP contribution in [0.15, 0.2) is 51.8 Å². The summed E-state index contributed by atoms with van der Waals surface area (Å²) >= 11 is 5.73. The van der Waals surface area contributed by atoms with E-state index in [1.165, 1.54) is 12.3 Å². The van der Waals surface area contributed by atoms with Crippen molar-refractivity contribution in [2.24, 2.45) is 0 Å². The second kappa shape index (κ2) is 6.72. The van der Waals surface area contributed by atoms with Gasteiger partial charge < -0.3 is 14.5 Å². The van der Waals surface area contributed by atoms with Crippen LogP contribution in [0.25, 0.3) is 11.0 Å². The Labute approximate surface area is 142 Å². The lowest BCUT2D eigenvalue weighted by Gasteiger charge is -2.08. The Hall–Kier alpha value is -2.86. The fourth-order valence-corrected chi connectivity index (χ4v) is 2.28. The molecule has 0 aliphatic heterocycles. The van der Waals surface area contributed by atoms with Gasteiger partial charge in [-0.15, -0.1) is 0 Å². The molecule has 0 aliphatic carbocycles. The zero-order chi connectivity index (χ0) is 17.1. The number of carbonyl (C=O) groups excluding carboxylic acids is 1. The van der Waals surface area contributed by atoms with Crippen molar-refractivity contribution in [3.8, 4) is 5.75 Å². The Bertz CT molecular complexity index is 951. The highest BCUT2D eigenvalue weighted by Crippen LogP contribution is 2.22. The number of aryl methyl sites for hydroxylation is 1. The summed E-state index contributed by atoms with van der Waals surface area (Å²) in [5.41, 5.74) is 0.854. The van der Waals surface area contributed by atoms with Crippen LogP contribution in [-0.2, 0) is 4.79 Å². The number of hydrogen-bond acceptors (Lipinski definition) is 5. The number of hydrogen-bond donors (Lipinski definition) is 1. The second-order valence-corrected chi connectivity index (χ2v) is 5.54. The molecule has 0 fully saturated rings. The molecule has 1 aromatic carbocycles. The van der Waals surface area contributed by atoms with E-state index in [0.29, 0.717) is 22.2 Å². The van der Waals surface area contributed by atoms with Crippen molar-refractivity contribution in [3.63, 3.8) is 0 Å². The van der Waals surface area contributed by atoms with Crippen molar-refractivity contribution in [3.05, 3.63) is 63.6 Å². The first kappa shape index (κ1) is 16.0. The van der Waals surface area contributed by atoms with E-state index in [2.05, 4.69) is 10.3 Å². The number of pyridine rings is 1. The molecule has 122 valence electrons. The topological polar surface area (TPSA) is 81.4 Å². The highest BCUT2D eigenvalue weighted by atomic mass is 35.5. The maximum absolute atomic E-state index is 11.9. The van der Waals surface area contributed by atoms with Gasteiger partial charge in [-0.2, -0.15) is 0 Å². The Morgan fingerprint density at radius 1 is 1.29 bits per heavy atom. The molecule has 7 heteroatoms. The Balaban J connectivity index is 1.68. The van der Waals surface area contributed by atoms with Crippen molar-refractivity contribution < 1.29 is 13.9 Å². The number of ether oxygens (including phenoxy) is 1. The van der Waals surface area contributed by atoms with E-state index < -0.39 is 5.63 Å². The summed E-state index contributed by atoms with van der Waals surface area (Å²) < 4.78 is 10.6. The number of fused-ring (bicyclic) bond motifs is 1. The van der Waals surface area contributed by atoms with E-state index in [4.69, 9.17) is 20.8 Å². The zero-order valence-corrected chi connectivity index (χ0v) is 13.5. The van der Waals surface area contributed by atoms with Gasteiger partial charge in [0.25, 0.3) is 5.91 Å². The fraction of sp³-hybridized carbons (Fsp3) is 0.118. The second-order valence-electron chi connectivity index (χ2n) is 5.10. The van der Waals surface area contributed by atoms with Crippen LogP contribution in [0, 0.1) is 6.92 Å². The van der Waals surface area contributed by atoms with Gasteiger partial charge in [0.1, 0.15) is 17.2 Å². The molecule has 1 amide bonds. The smallest absolute Gasteiger partial charge is 0.336 e. The SMILES string of the molecule is Cc1cc(=O)oc2ccc(OCC(=O)Nc3ccc(Cl)cn3)cc12. The first-order chi connectivity index (χ1) is 11.5. The minimum absolute atomic E-state index is 0.175. The Morgan fingerprint density at radius 3 is 2.88 bits per heavy atom. The molecule has 24 heavy (non-hydrogen) atoms. The van der Waals surface area contributed by atoms with Crippen LogP contribution in [0.5, 0.6) is 5.75 Å². The van der Waals surface area contributed by atoms with Crippen molar-refractivity contribution in [2.45, 2.75) is 6.92 Å². The lowest BCUT2D eigenvalue weighted by molar-refractivity contribution is -0.118. The summed E-state index contributed by atoms with van der Waals surface area (Å²) in [6.07, 6.45) is 1.44. The molecule has 2 aromatic heterocycles. The number of nitrogens with one attached hydrogen (secondary N) is 1. The van der Waals surface area contributed by atoms with E-state index in [-0.39, 0.29) is 12.5 Å². The van der Waals surface area contributed by atoms with E-state index in [0.717, 1.165) is 10.9 Å². The van der Waals surface area contributed by atoms with Crippen molar-refractivity contribution in [1.29, 1.82) is 0 Å². The molecule has 0 radical (unpaired) electrons. The summed E-state index contributed by atoms with van der Waals surface area (Å²) in [6.45, 7) is 1.63. The van der Waals surface area contributed by atoms with Gasteiger partial charge in [-0.3, -0.25) is 4.79 Å². The van der Waals surface area contributed by atoms with E-state index in [1.807, 2.05) is 6.92 Å². The van der Waals surface area contributed by atoms with Crippen LogP contribution in [0.1, 0.15) is 5.56 Å². The molecule has 3 rings (SSSR count). The summed E-state index contributed by atoms with van der Waals surface area (Å²) in [7, 11) is 0. The largest absolute Gasteiger partial charge is 0.484 e. The monoisotopic (exact) mass is 344 g/mol. The summed E-state index contributed by atoms with van der Waals surface area (Å²) in [5.74, 6) is 0.545. The fourth-order valence-electron chi connectivity index (χ4n) is 2.17. The van der Waals surface area contributed by atoms with Gasteiger partial charge in [-0.25, -0.2) is 9.78 Å². The molecule has 0 atom stereocenters. The third kappa shape index (κ3) is 3.72. The first-order valence-electron chi connectivity index (χ1n) is 7.10. The van der Waals surface area contributed by atoms with Crippen LogP contribution in [0.4, 0.5) is 5.82 Å². The molecular weight excluding hydrogens is 332 g/mol. The predicted molar refractivity (Wildman–Crippen MR) is 90.6 cm³/mol. The quantitative estimate of drug-likeness (QED) is 0.735. The van der Waals surface area contributed by atoms with Gasteiger partial charge in [0.05, 0.1) is 5.02 Å². The van der Waals surface area contributed by atoms with Crippen LogP contribution in [-0.4, -0.2) is 17.5 Å². The summed E-state index contributed by atoms with van der Waals surface area (Å²) in [4.78, 5) is 27.2. The number of aromatic nitrogens is 1. The van der Waals surface area contributed by atoms with Gasteiger partial charge >= 0.3 is 5.63 Å². The molecule has 0 spiro atoms. The first-order valence-corrected chi connectivity index (χ1v) is 7.48. The lowest BCUT2D eigenvalue weighted by atomic mass is 10.1. The van der Waals surface area contributed by atoms with Gasteiger partial charge in [0, 0.05) is 17.6 Å². The molecule has 0 saturated heterocycles. The third-order valence-corrected chi connectivity index (χ3v) is 3.51. The standard InChI is InChI=1S/C17H13ClN2O4/c1-10-6-17(22)24-14-4-3-12(7-13(10)14)23-9-16(21)20-15-5-2-11(18)8-19-15/h2-8H,9H2,1H3,(H,19,20,21). The Kier molecular flexibility index (Phi) is 4.48. The molecular formula is C17H13ClN2O4. The normalized spacial score (nSPS) is 10.6. The Morgan fingerprint density at radius 2 is 2.12 bits per heavy atom. The predicted octanol–water partition coefficient (Wildman–Crippen LogP) is 3.17. The average molecular weight is 345 g/mol.